The lowest BCUT2D eigenvalue weighted by atomic mass is 10.0. The van der Waals surface area contributed by atoms with Gasteiger partial charge in [-0.2, -0.15) is 0 Å². The zero-order valence-corrected chi connectivity index (χ0v) is 19.3. The number of hydrogen-bond acceptors (Lipinski definition) is 6. The molecule has 1 saturated heterocycles. The highest BCUT2D eigenvalue weighted by molar-refractivity contribution is 7.09. The summed E-state index contributed by atoms with van der Waals surface area (Å²) in [6.45, 7) is 2.66. The van der Waals surface area contributed by atoms with E-state index in [-0.39, 0.29) is 11.7 Å². The van der Waals surface area contributed by atoms with Gasteiger partial charge in [0.15, 0.2) is 5.78 Å². The first-order valence-electron chi connectivity index (χ1n) is 10.9. The second kappa shape index (κ2) is 9.44. The summed E-state index contributed by atoms with van der Waals surface area (Å²) < 4.78 is 5.56. The van der Waals surface area contributed by atoms with Crippen LogP contribution in [0, 0.1) is 0 Å². The molecule has 0 saturated carbocycles. The summed E-state index contributed by atoms with van der Waals surface area (Å²) in [5, 5.41) is 5.36. The molecule has 1 aliphatic rings. The first kappa shape index (κ1) is 21.8. The molecule has 2 aromatic heterocycles. The lowest BCUT2D eigenvalue weighted by Crippen LogP contribution is -2.13. The minimum Gasteiger partial charge on any atom is -0.493 e. The number of carbonyl (C=O) groups excluding carboxylic acids is 2. The first-order chi connectivity index (χ1) is 16.6. The fourth-order valence-electron chi connectivity index (χ4n) is 3.82. The third-order valence-electron chi connectivity index (χ3n) is 5.53. The van der Waals surface area contributed by atoms with E-state index in [0.29, 0.717) is 46.8 Å². The Labute approximate surface area is 200 Å². The Bertz CT molecular complexity index is 1430. The second-order valence-electron chi connectivity index (χ2n) is 7.78. The molecular weight excluding hydrogens is 448 g/mol. The topological polar surface area (TPSA) is 97.0 Å². The van der Waals surface area contributed by atoms with Gasteiger partial charge in [0, 0.05) is 29.3 Å². The lowest BCUT2D eigenvalue weighted by Gasteiger charge is -2.00. The zero-order valence-electron chi connectivity index (χ0n) is 18.5. The summed E-state index contributed by atoms with van der Waals surface area (Å²) in [7, 11) is 0. The number of hydrogen-bond donors (Lipinski definition) is 2. The number of nitrogens with one attached hydrogen (secondary N) is 2. The van der Waals surface area contributed by atoms with Gasteiger partial charge in [-0.25, -0.2) is 9.97 Å². The number of thiazole rings is 1. The minimum atomic E-state index is -0.340. The average molecular weight is 471 g/mol. The third kappa shape index (κ3) is 4.53. The molecule has 2 aromatic carbocycles. The van der Waals surface area contributed by atoms with Crippen molar-refractivity contribution in [2.75, 3.05) is 11.9 Å². The van der Waals surface area contributed by atoms with E-state index in [2.05, 4.69) is 26.3 Å². The van der Waals surface area contributed by atoms with Crippen LogP contribution in [0.25, 0.3) is 11.0 Å². The molecule has 7 nitrogen and oxygen atoms in total. The van der Waals surface area contributed by atoms with E-state index in [1.165, 1.54) is 16.9 Å². The maximum absolute atomic E-state index is 12.7. The number of H-pyrrole nitrogens is 1. The van der Waals surface area contributed by atoms with Crippen LogP contribution in [-0.2, 0) is 11.2 Å². The molecule has 4 aromatic rings. The van der Waals surface area contributed by atoms with Gasteiger partial charge < -0.3 is 9.72 Å². The molecule has 0 spiro atoms. The van der Waals surface area contributed by atoms with Crippen molar-refractivity contribution in [1.29, 1.82) is 0 Å². The number of fused-ring (bicyclic) bond motifs is 1. The van der Waals surface area contributed by atoms with E-state index in [0.717, 1.165) is 17.2 Å². The van der Waals surface area contributed by atoms with Gasteiger partial charge >= 0.3 is 0 Å². The van der Waals surface area contributed by atoms with E-state index in [1.807, 2.05) is 31.2 Å². The predicted octanol–water partition coefficient (Wildman–Crippen LogP) is 5.30. The summed E-state index contributed by atoms with van der Waals surface area (Å²) >= 11 is 1.44. The molecule has 0 aliphatic carbocycles. The number of ketones is 1. The van der Waals surface area contributed by atoms with Gasteiger partial charge in [-0.15, -0.1) is 11.3 Å². The fourth-order valence-corrected chi connectivity index (χ4v) is 4.55. The molecule has 0 atom stereocenters. The van der Waals surface area contributed by atoms with Gasteiger partial charge in [0.05, 0.1) is 22.6 Å². The van der Waals surface area contributed by atoms with Gasteiger partial charge in [0.1, 0.15) is 11.5 Å². The number of allylic oxidation sites excluding steroid dienone is 3. The molecule has 1 fully saturated rings. The van der Waals surface area contributed by atoms with Crippen LogP contribution in [0.2, 0.25) is 0 Å². The van der Waals surface area contributed by atoms with E-state index >= 15 is 0 Å². The van der Waals surface area contributed by atoms with Crippen molar-refractivity contribution in [1.82, 2.24) is 15.0 Å². The van der Waals surface area contributed by atoms with Crippen LogP contribution >= 0.6 is 11.3 Å². The highest BCUT2D eigenvalue weighted by atomic mass is 32.1. The number of anilines is 1. The standard InChI is InChI=1S/C26H22N4O3S/c1-2-22-16(12-13-33-22)9-11-23-27-21(15-34-23)25(32)30-26-28-19-10-8-18(14-20(19)29-26)24(31)17-6-4-3-5-7-17/h2-10,14-15H,11-13H2,1H3,(H2,28,29,30,32)/b16-9-,22-2?. The summed E-state index contributed by atoms with van der Waals surface area (Å²) in [5.41, 5.74) is 4.01. The van der Waals surface area contributed by atoms with E-state index in [1.54, 1.807) is 35.7 Å². The van der Waals surface area contributed by atoms with Crippen LogP contribution in [0.1, 0.15) is 44.8 Å². The SMILES string of the molecule is CC=C1OCC/C1=C/Cc1nc(C(=O)Nc2nc3ccc(C(=O)c4ccccc4)cc3[nH]2)cs1. The normalized spacial score (nSPS) is 15.7. The molecule has 0 bridgehead atoms. The Morgan fingerprint density at radius 2 is 2.00 bits per heavy atom. The van der Waals surface area contributed by atoms with E-state index < -0.39 is 0 Å². The molecule has 8 heteroatoms. The number of aromatic nitrogens is 3. The Balaban J connectivity index is 1.27. The smallest absolute Gasteiger partial charge is 0.277 e. The van der Waals surface area contributed by atoms with Gasteiger partial charge in [-0.3, -0.25) is 14.9 Å². The van der Waals surface area contributed by atoms with Crippen molar-refractivity contribution in [3.05, 3.63) is 99.2 Å². The molecule has 1 aliphatic heterocycles. The Kier molecular flexibility index (Phi) is 6.05. The maximum atomic E-state index is 12.7. The van der Waals surface area contributed by atoms with Crippen LogP contribution in [-0.4, -0.2) is 33.2 Å². The zero-order chi connectivity index (χ0) is 23.5. The van der Waals surface area contributed by atoms with Gasteiger partial charge in [0.2, 0.25) is 5.95 Å². The van der Waals surface area contributed by atoms with Gasteiger partial charge in [-0.05, 0) is 36.8 Å². The van der Waals surface area contributed by atoms with Crippen LogP contribution in [0.4, 0.5) is 5.95 Å². The number of imidazole rings is 1. The van der Waals surface area contributed by atoms with Gasteiger partial charge in [0.25, 0.3) is 5.91 Å². The van der Waals surface area contributed by atoms with Gasteiger partial charge in [-0.1, -0.05) is 36.4 Å². The molecular formula is C26H22N4O3S. The van der Waals surface area contributed by atoms with E-state index in [9.17, 15) is 9.59 Å². The Morgan fingerprint density at radius 1 is 1.15 bits per heavy atom. The highest BCUT2D eigenvalue weighted by Crippen LogP contribution is 2.25. The quantitative estimate of drug-likeness (QED) is 0.373. The van der Waals surface area contributed by atoms with Crippen LogP contribution in [0.5, 0.6) is 0 Å². The number of aromatic amines is 1. The second-order valence-corrected chi connectivity index (χ2v) is 8.72. The monoisotopic (exact) mass is 470 g/mol. The summed E-state index contributed by atoms with van der Waals surface area (Å²) in [5.74, 6) is 0.821. The summed E-state index contributed by atoms with van der Waals surface area (Å²) in [4.78, 5) is 37.4. The molecule has 0 radical (unpaired) electrons. The van der Waals surface area contributed by atoms with Crippen LogP contribution in [0.3, 0.4) is 0 Å². The van der Waals surface area contributed by atoms with Crippen molar-refractivity contribution in [3.63, 3.8) is 0 Å². The Morgan fingerprint density at radius 3 is 2.82 bits per heavy atom. The number of rotatable bonds is 6. The van der Waals surface area contributed by atoms with Crippen LogP contribution < -0.4 is 5.32 Å². The van der Waals surface area contributed by atoms with Crippen molar-refractivity contribution in [2.24, 2.45) is 0 Å². The largest absolute Gasteiger partial charge is 0.493 e. The number of amides is 1. The maximum Gasteiger partial charge on any atom is 0.277 e. The number of ether oxygens (including phenoxy) is 1. The summed E-state index contributed by atoms with van der Waals surface area (Å²) in [6.07, 6.45) is 5.61. The van der Waals surface area contributed by atoms with Crippen molar-refractivity contribution in [3.8, 4) is 0 Å². The molecule has 34 heavy (non-hydrogen) atoms. The molecule has 2 N–H and O–H groups in total. The van der Waals surface area contributed by atoms with Crippen LogP contribution in [0.15, 0.2) is 77.4 Å². The number of carbonyl (C=O) groups is 2. The minimum absolute atomic E-state index is 0.0710. The molecule has 1 amide bonds. The predicted molar refractivity (Wildman–Crippen MR) is 132 cm³/mol. The fraction of sp³-hybridized carbons (Fsp3) is 0.154. The average Bonchev–Trinajstić information content (AvgIpc) is 3.61. The molecule has 5 rings (SSSR count). The van der Waals surface area contributed by atoms with Crippen molar-refractivity contribution < 1.29 is 14.3 Å². The molecule has 3 heterocycles. The van der Waals surface area contributed by atoms with Crippen molar-refractivity contribution in [2.45, 2.75) is 19.8 Å². The number of benzene rings is 2. The lowest BCUT2D eigenvalue weighted by molar-refractivity contribution is 0.101. The molecule has 170 valence electrons. The third-order valence-corrected chi connectivity index (χ3v) is 6.40. The highest BCUT2D eigenvalue weighted by Gasteiger charge is 2.16. The summed E-state index contributed by atoms with van der Waals surface area (Å²) in [6, 6.07) is 14.3. The van der Waals surface area contributed by atoms with Crippen molar-refractivity contribution >= 4 is 40.0 Å². The Hall–Kier alpha value is -4.04. The molecule has 0 unspecified atom stereocenters. The first-order valence-corrected chi connectivity index (χ1v) is 11.8. The number of nitrogens with zero attached hydrogens (tertiary/aromatic N) is 2. The van der Waals surface area contributed by atoms with E-state index in [4.69, 9.17) is 4.74 Å².